The van der Waals surface area contributed by atoms with E-state index in [0.29, 0.717) is 23.7 Å². The van der Waals surface area contributed by atoms with E-state index in [0.717, 1.165) is 16.7 Å². The maximum absolute atomic E-state index is 14.2. The molecular formula is C32H36N6O5S. The van der Waals surface area contributed by atoms with Crippen molar-refractivity contribution in [3.05, 3.63) is 83.4 Å². The van der Waals surface area contributed by atoms with E-state index >= 15 is 0 Å². The van der Waals surface area contributed by atoms with Crippen molar-refractivity contribution in [2.45, 2.75) is 58.5 Å². The van der Waals surface area contributed by atoms with Gasteiger partial charge in [-0.25, -0.2) is 28.1 Å². The molecule has 12 heteroatoms. The molecule has 1 aliphatic rings. The highest BCUT2D eigenvalue weighted by molar-refractivity contribution is 7.92. The van der Waals surface area contributed by atoms with E-state index in [2.05, 4.69) is 45.4 Å². The predicted molar refractivity (Wildman–Crippen MR) is 166 cm³/mol. The molecule has 230 valence electrons. The van der Waals surface area contributed by atoms with Gasteiger partial charge in [0, 0.05) is 17.2 Å². The third-order valence-electron chi connectivity index (χ3n) is 7.26. The normalized spacial score (nSPS) is 16.5. The predicted octanol–water partition coefficient (Wildman–Crippen LogP) is 5.20. The van der Waals surface area contributed by atoms with Crippen molar-refractivity contribution in [2.24, 2.45) is 5.41 Å². The minimum atomic E-state index is -4.17. The first kappa shape index (κ1) is 30.9. The summed E-state index contributed by atoms with van der Waals surface area (Å²) in [7, 11) is -2.64. The Hall–Kier alpha value is -4.58. The number of hydrogen-bond donors (Lipinski definition) is 1. The standard InChI is InChI=1S/C32H36N6O5S/c1-20-9-7-10-21(2)29(20)26-14-28-36-31(35-26)37-44(40,41)25-12-8-11-22(13-25)30(39)38(23(19-43-28)15-32(3,4)5)18-27-33-16-24(42-6)17-34-27/h7-14,16-17,23H,15,18-19H2,1-6H3,(H,35,36,37)/t23-/m1/s1. The summed E-state index contributed by atoms with van der Waals surface area (Å²) in [6.45, 7) is 10.3. The number of rotatable bonds is 5. The summed E-state index contributed by atoms with van der Waals surface area (Å²) >= 11 is 0. The van der Waals surface area contributed by atoms with Crippen LogP contribution in [0.4, 0.5) is 5.95 Å². The molecule has 2 aromatic heterocycles. The first-order valence-corrected chi connectivity index (χ1v) is 15.7. The summed E-state index contributed by atoms with van der Waals surface area (Å²) in [6.07, 6.45) is 3.64. The first-order chi connectivity index (χ1) is 20.8. The lowest BCUT2D eigenvalue weighted by Gasteiger charge is -2.35. The van der Waals surface area contributed by atoms with Crippen LogP contribution in [0, 0.1) is 19.3 Å². The van der Waals surface area contributed by atoms with Crippen molar-refractivity contribution in [1.82, 2.24) is 24.8 Å². The Labute approximate surface area is 257 Å². The van der Waals surface area contributed by atoms with Crippen molar-refractivity contribution in [3.63, 3.8) is 0 Å². The van der Waals surface area contributed by atoms with Gasteiger partial charge in [0.1, 0.15) is 12.4 Å². The maximum Gasteiger partial charge on any atom is 0.264 e. The van der Waals surface area contributed by atoms with Crippen molar-refractivity contribution in [1.29, 1.82) is 0 Å². The summed E-state index contributed by atoms with van der Waals surface area (Å²) in [5, 5.41) is 0. The highest BCUT2D eigenvalue weighted by Gasteiger charge is 2.32. The average Bonchev–Trinajstić information content (AvgIpc) is 2.97. The summed E-state index contributed by atoms with van der Waals surface area (Å²) in [5.41, 5.74) is 3.30. The average molecular weight is 617 g/mol. The molecule has 0 radical (unpaired) electrons. The smallest absolute Gasteiger partial charge is 0.264 e. The second-order valence-corrected chi connectivity index (χ2v) is 13.7. The number of carbonyl (C=O) groups is 1. The van der Waals surface area contributed by atoms with Gasteiger partial charge in [-0.05, 0) is 55.0 Å². The largest absolute Gasteiger partial charge is 0.494 e. The number of carbonyl (C=O) groups excluding carboxylic acids is 1. The molecule has 3 heterocycles. The van der Waals surface area contributed by atoms with E-state index < -0.39 is 16.1 Å². The van der Waals surface area contributed by atoms with Crippen LogP contribution in [0.15, 0.2) is 65.8 Å². The van der Waals surface area contributed by atoms with Gasteiger partial charge in [0.05, 0.1) is 42.7 Å². The quantitative estimate of drug-likeness (QED) is 0.321. The van der Waals surface area contributed by atoms with E-state index in [9.17, 15) is 13.2 Å². The molecule has 44 heavy (non-hydrogen) atoms. The number of nitrogens with one attached hydrogen (secondary N) is 1. The molecule has 0 saturated carbocycles. The maximum atomic E-state index is 14.2. The Morgan fingerprint density at radius 2 is 1.70 bits per heavy atom. The molecule has 2 aromatic carbocycles. The third kappa shape index (κ3) is 6.96. The van der Waals surface area contributed by atoms with Crippen molar-refractivity contribution in [2.75, 3.05) is 18.4 Å². The fourth-order valence-electron chi connectivity index (χ4n) is 5.23. The molecule has 0 fully saturated rings. The number of ether oxygens (including phenoxy) is 2. The molecule has 1 N–H and O–H groups in total. The van der Waals surface area contributed by atoms with Gasteiger partial charge >= 0.3 is 0 Å². The minimum absolute atomic E-state index is 0.0604. The Morgan fingerprint density at radius 1 is 1.02 bits per heavy atom. The highest BCUT2D eigenvalue weighted by Crippen LogP contribution is 2.31. The summed E-state index contributed by atoms with van der Waals surface area (Å²) in [6, 6.07) is 13.0. The fourth-order valence-corrected chi connectivity index (χ4v) is 6.22. The van der Waals surface area contributed by atoms with Gasteiger partial charge in [-0.3, -0.25) is 4.79 Å². The lowest BCUT2D eigenvalue weighted by molar-refractivity contribution is 0.0505. The van der Waals surface area contributed by atoms with E-state index in [1.807, 2.05) is 32.0 Å². The molecule has 11 nitrogen and oxygen atoms in total. The minimum Gasteiger partial charge on any atom is -0.494 e. The Bertz CT molecular complexity index is 1770. The van der Waals surface area contributed by atoms with Gasteiger partial charge in [-0.15, -0.1) is 0 Å². The van der Waals surface area contributed by atoms with E-state index in [-0.39, 0.29) is 46.8 Å². The first-order valence-electron chi connectivity index (χ1n) is 14.2. The van der Waals surface area contributed by atoms with Gasteiger partial charge in [0.2, 0.25) is 11.8 Å². The number of methoxy groups -OCH3 is 1. The van der Waals surface area contributed by atoms with E-state index in [1.165, 1.54) is 25.3 Å². The number of aryl methyl sites for hydroxylation is 2. The monoisotopic (exact) mass is 616 g/mol. The SMILES string of the molecule is COc1cnc(CN2C(=O)c3cccc(c3)S(=O)(=O)Nc3nc(cc(-c4c(C)cccc4C)n3)OC[C@H]2CC(C)(C)C)nc1. The van der Waals surface area contributed by atoms with Gasteiger partial charge in [-0.1, -0.05) is 45.0 Å². The zero-order valence-electron chi connectivity index (χ0n) is 25.7. The molecule has 5 rings (SSSR count). The molecule has 1 atom stereocenters. The molecule has 1 aliphatic heterocycles. The zero-order valence-corrected chi connectivity index (χ0v) is 26.5. The second kappa shape index (κ2) is 12.2. The van der Waals surface area contributed by atoms with Crippen LogP contribution in [0.5, 0.6) is 11.6 Å². The third-order valence-corrected chi connectivity index (χ3v) is 8.59. The number of hydrogen-bond acceptors (Lipinski definition) is 9. The Kier molecular flexibility index (Phi) is 8.55. The number of amides is 1. The van der Waals surface area contributed by atoms with Crippen LogP contribution in [-0.4, -0.2) is 58.9 Å². The van der Waals surface area contributed by atoms with Crippen molar-refractivity contribution >= 4 is 21.9 Å². The zero-order chi connectivity index (χ0) is 31.6. The summed E-state index contributed by atoms with van der Waals surface area (Å²) < 4.78 is 41.1. The van der Waals surface area contributed by atoms with Gasteiger partial charge in [0.25, 0.3) is 15.9 Å². The lowest BCUT2D eigenvalue weighted by atomic mass is 9.87. The molecular weight excluding hydrogens is 580 g/mol. The molecule has 4 aromatic rings. The second-order valence-electron chi connectivity index (χ2n) is 12.0. The Morgan fingerprint density at radius 3 is 2.36 bits per heavy atom. The van der Waals surface area contributed by atoms with Crippen LogP contribution in [0.3, 0.4) is 0 Å². The molecule has 0 spiro atoms. The number of anilines is 1. The number of sulfonamides is 1. The van der Waals surface area contributed by atoms with Crippen molar-refractivity contribution < 1.29 is 22.7 Å². The molecule has 0 unspecified atom stereocenters. The topological polar surface area (TPSA) is 136 Å². The molecule has 4 bridgehead atoms. The highest BCUT2D eigenvalue weighted by atomic mass is 32.2. The van der Waals surface area contributed by atoms with Gasteiger partial charge in [0.15, 0.2) is 5.75 Å². The van der Waals surface area contributed by atoms with Crippen LogP contribution >= 0.6 is 0 Å². The van der Waals surface area contributed by atoms with E-state index in [1.54, 1.807) is 29.4 Å². The summed E-state index contributed by atoms with van der Waals surface area (Å²) in [5.74, 6) is 0.548. The number of aromatic nitrogens is 4. The molecule has 0 saturated heterocycles. The van der Waals surface area contributed by atoms with Gasteiger partial charge in [-0.2, -0.15) is 4.98 Å². The number of fused-ring (bicyclic) bond motifs is 4. The molecule has 0 aliphatic carbocycles. The van der Waals surface area contributed by atoms with Crippen molar-refractivity contribution in [3.8, 4) is 22.9 Å². The van der Waals surface area contributed by atoms with Crippen LogP contribution < -0.4 is 14.2 Å². The van der Waals surface area contributed by atoms with Crippen LogP contribution in [0.25, 0.3) is 11.3 Å². The number of benzene rings is 2. The lowest BCUT2D eigenvalue weighted by Crippen LogP contribution is -2.45. The summed E-state index contributed by atoms with van der Waals surface area (Å²) in [4.78, 5) is 33.5. The van der Waals surface area contributed by atoms with Crippen LogP contribution in [0.2, 0.25) is 0 Å². The fraction of sp³-hybridized carbons (Fsp3) is 0.344. The molecule has 1 amide bonds. The van der Waals surface area contributed by atoms with Crippen LogP contribution in [0.1, 0.15) is 54.5 Å². The number of nitrogens with zero attached hydrogens (tertiary/aromatic N) is 5. The Balaban J connectivity index is 1.67. The van der Waals surface area contributed by atoms with Gasteiger partial charge < -0.3 is 14.4 Å². The van der Waals surface area contributed by atoms with E-state index in [4.69, 9.17) is 9.47 Å². The van der Waals surface area contributed by atoms with Crippen LogP contribution in [-0.2, 0) is 16.6 Å².